The monoisotopic (exact) mass is 543 g/mol. The number of hydrogen-bond acceptors (Lipinski definition) is 5. The van der Waals surface area contributed by atoms with Gasteiger partial charge in [0, 0.05) is 36.3 Å². The summed E-state index contributed by atoms with van der Waals surface area (Å²) >= 11 is 0. The molecular weight excluding hydrogens is 512 g/mol. The van der Waals surface area contributed by atoms with E-state index in [9.17, 15) is 12.8 Å². The highest BCUT2D eigenvalue weighted by Gasteiger charge is 2.31. The van der Waals surface area contributed by atoms with Crippen molar-refractivity contribution in [2.24, 2.45) is 0 Å². The summed E-state index contributed by atoms with van der Waals surface area (Å²) in [6.07, 6.45) is 6.72. The molecular formula is C25H32Cl2FN3O3S. The second kappa shape index (κ2) is 13.4. The lowest BCUT2D eigenvalue weighted by atomic mass is 10.1. The minimum atomic E-state index is -3.60. The predicted octanol–water partition coefficient (Wildman–Crippen LogP) is 5.16. The quantitative estimate of drug-likeness (QED) is 0.349. The topological polar surface area (TPSA) is 62.7 Å². The van der Waals surface area contributed by atoms with Crippen LogP contribution in [-0.2, 0) is 10.0 Å². The first-order chi connectivity index (χ1) is 16.0. The highest BCUT2D eigenvalue weighted by molar-refractivity contribution is 7.89. The summed E-state index contributed by atoms with van der Waals surface area (Å²) in [6, 6.07) is 13.5. The molecule has 0 saturated carbocycles. The maximum Gasteiger partial charge on any atom is 0.243 e. The molecule has 1 aliphatic heterocycles. The molecule has 2 heterocycles. The summed E-state index contributed by atoms with van der Waals surface area (Å²) < 4.78 is 47.4. The molecule has 192 valence electrons. The van der Waals surface area contributed by atoms with Gasteiger partial charge < -0.3 is 9.64 Å². The summed E-state index contributed by atoms with van der Waals surface area (Å²) in [4.78, 5) is 6.80. The number of piperidine rings is 1. The molecule has 0 aliphatic carbocycles. The fraction of sp³-hybridized carbons (Fsp3) is 0.400. The smallest absolute Gasteiger partial charge is 0.243 e. The number of para-hydroxylation sites is 1. The summed E-state index contributed by atoms with van der Waals surface area (Å²) in [5.41, 5.74) is 0. The van der Waals surface area contributed by atoms with Gasteiger partial charge in [-0.2, -0.15) is 4.31 Å². The standard InChI is InChI=1S/C25H30FN3O3S.2ClH/c1-28(33(30,31)25-10-6-7-20-19-27-14-11-22(20)25)21-12-16-29(17-13-21)15-4-5-18-32-24-9-3-2-8-23(24)26;;/h2-3,6-11,14,19,21H,4-5,12-13,15-18H2,1H3;2*1H. The molecule has 1 aliphatic rings. The van der Waals surface area contributed by atoms with Gasteiger partial charge in [0.15, 0.2) is 11.6 Å². The highest BCUT2D eigenvalue weighted by atomic mass is 35.5. The summed E-state index contributed by atoms with van der Waals surface area (Å²) in [5, 5.41) is 1.52. The number of fused-ring (bicyclic) bond motifs is 1. The van der Waals surface area contributed by atoms with Crippen molar-refractivity contribution in [3.63, 3.8) is 0 Å². The van der Waals surface area contributed by atoms with Crippen LogP contribution in [0.25, 0.3) is 10.8 Å². The number of pyridine rings is 1. The SMILES string of the molecule is CN(C1CCN(CCCCOc2ccccc2F)CC1)S(=O)(=O)c1cccc2cnccc12.Cl.Cl. The van der Waals surface area contributed by atoms with Gasteiger partial charge in [-0.25, -0.2) is 12.8 Å². The molecule has 0 unspecified atom stereocenters. The molecule has 0 atom stereocenters. The number of nitrogens with zero attached hydrogens (tertiary/aromatic N) is 3. The van der Waals surface area contributed by atoms with E-state index in [-0.39, 0.29) is 36.7 Å². The zero-order valence-electron chi connectivity index (χ0n) is 19.7. The van der Waals surface area contributed by atoms with Gasteiger partial charge in [-0.05, 0) is 69.6 Å². The number of unbranched alkanes of at least 4 members (excludes halogenated alkanes) is 1. The van der Waals surface area contributed by atoms with Crippen molar-refractivity contribution < 1.29 is 17.5 Å². The van der Waals surface area contributed by atoms with Crippen molar-refractivity contribution >= 4 is 45.6 Å². The molecule has 0 amide bonds. The van der Waals surface area contributed by atoms with E-state index in [1.54, 1.807) is 60.1 Å². The van der Waals surface area contributed by atoms with Crippen molar-refractivity contribution in [1.29, 1.82) is 0 Å². The average Bonchev–Trinajstić information content (AvgIpc) is 2.84. The average molecular weight is 545 g/mol. The van der Waals surface area contributed by atoms with Crippen molar-refractivity contribution in [3.05, 3.63) is 66.7 Å². The maximum atomic E-state index is 13.6. The molecule has 6 nitrogen and oxygen atoms in total. The van der Waals surface area contributed by atoms with Gasteiger partial charge in [0.1, 0.15) is 0 Å². The third-order valence-electron chi connectivity index (χ3n) is 6.33. The number of hydrogen-bond donors (Lipinski definition) is 0. The lowest BCUT2D eigenvalue weighted by Gasteiger charge is -2.36. The van der Waals surface area contributed by atoms with Gasteiger partial charge in [-0.15, -0.1) is 24.8 Å². The third kappa shape index (κ3) is 7.05. The first-order valence-electron chi connectivity index (χ1n) is 11.4. The number of likely N-dealkylation sites (tertiary alicyclic amines) is 1. The van der Waals surface area contributed by atoms with Crippen LogP contribution in [0.15, 0.2) is 65.8 Å². The van der Waals surface area contributed by atoms with Gasteiger partial charge in [-0.1, -0.05) is 24.3 Å². The van der Waals surface area contributed by atoms with Crippen molar-refractivity contribution in [2.75, 3.05) is 33.3 Å². The van der Waals surface area contributed by atoms with E-state index in [0.29, 0.717) is 22.6 Å². The van der Waals surface area contributed by atoms with Crippen LogP contribution in [0.1, 0.15) is 25.7 Å². The zero-order chi connectivity index (χ0) is 23.3. The Morgan fingerprint density at radius 2 is 1.80 bits per heavy atom. The van der Waals surface area contributed by atoms with E-state index < -0.39 is 10.0 Å². The summed E-state index contributed by atoms with van der Waals surface area (Å²) in [7, 11) is -1.91. The molecule has 2 aromatic carbocycles. The normalized spacial score (nSPS) is 14.9. The van der Waals surface area contributed by atoms with E-state index in [1.807, 2.05) is 6.07 Å². The predicted molar refractivity (Wildman–Crippen MR) is 142 cm³/mol. The molecule has 0 bridgehead atoms. The second-order valence-corrected chi connectivity index (χ2v) is 10.4. The Balaban J connectivity index is 0.00000216. The second-order valence-electron chi connectivity index (χ2n) is 8.43. The van der Waals surface area contributed by atoms with E-state index in [2.05, 4.69) is 9.88 Å². The van der Waals surface area contributed by atoms with Crippen molar-refractivity contribution in [1.82, 2.24) is 14.2 Å². The lowest BCUT2D eigenvalue weighted by Crippen LogP contribution is -2.45. The molecule has 4 rings (SSSR count). The fourth-order valence-electron chi connectivity index (χ4n) is 4.36. The van der Waals surface area contributed by atoms with Gasteiger partial charge in [0.2, 0.25) is 10.0 Å². The summed E-state index contributed by atoms with van der Waals surface area (Å²) in [6.45, 7) is 3.13. The van der Waals surface area contributed by atoms with Gasteiger partial charge in [-0.3, -0.25) is 4.98 Å². The largest absolute Gasteiger partial charge is 0.491 e. The van der Waals surface area contributed by atoms with Crippen molar-refractivity contribution in [3.8, 4) is 5.75 Å². The molecule has 3 aromatic rings. The van der Waals surface area contributed by atoms with E-state index in [4.69, 9.17) is 4.74 Å². The van der Waals surface area contributed by atoms with Crippen molar-refractivity contribution in [2.45, 2.75) is 36.6 Å². The highest BCUT2D eigenvalue weighted by Crippen LogP contribution is 2.28. The Kier molecular flexibility index (Phi) is 11.2. The molecule has 35 heavy (non-hydrogen) atoms. The number of ether oxygens (including phenoxy) is 1. The van der Waals surface area contributed by atoms with Crippen LogP contribution in [0, 0.1) is 5.82 Å². The lowest BCUT2D eigenvalue weighted by molar-refractivity contribution is 0.164. The van der Waals surface area contributed by atoms with Crippen LogP contribution in [0.3, 0.4) is 0 Å². The molecule has 0 radical (unpaired) electrons. The van der Waals surface area contributed by atoms with Gasteiger partial charge in [0.25, 0.3) is 0 Å². The molecule has 1 saturated heterocycles. The van der Waals surface area contributed by atoms with Crippen LogP contribution in [0.5, 0.6) is 5.75 Å². The first kappa shape index (κ1) is 29.3. The number of sulfonamides is 1. The number of benzene rings is 2. The fourth-order valence-corrected chi connectivity index (χ4v) is 5.99. The van der Waals surface area contributed by atoms with E-state index in [1.165, 1.54) is 6.07 Å². The van der Waals surface area contributed by atoms with Crippen LogP contribution >= 0.6 is 24.8 Å². The Morgan fingerprint density at radius 3 is 2.54 bits per heavy atom. The van der Waals surface area contributed by atoms with E-state index >= 15 is 0 Å². The van der Waals surface area contributed by atoms with E-state index in [0.717, 1.165) is 50.7 Å². The first-order valence-corrected chi connectivity index (χ1v) is 12.8. The van der Waals surface area contributed by atoms with Crippen LogP contribution in [-0.4, -0.2) is 61.9 Å². The minimum Gasteiger partial charge on any atom is -0.491 e. The number of halogens is 3. The van der Waals surface area contributed by atoms with Gasteiger partial charge >= 0.3 is 0 Å². The Bertz CT molecular complexity index is 1190. The Labute approximate surface area is 219 Å². The Hall–Kier alpha value is -1.97. The Morgan fingerprint density at radius 1 is 1.06 bits per heavy atom. The minimum absolute atomic E-state index is 0. The maximum absolute atomic E-state index is 13.6. The molecule has 0 spiro atoms. The molecule has 1 aromatic heterocycles. The zero-order valence-corrected chi connectivity index (χ0v) is 22.1. The van der Waals surface area contributed by atoms with Crippen LogP contribution < -0.4 is 4.74 Å². The van der Waals surface area contributed by atoms with Crippen LogP contribution in [0.2, 0.25) is 0 Å². The summed E-state index contributed by atoms with van der Waals surface area (Å²) in [5.74, 6) is -0.0381. The molecule has 1 fully saturated rings. The number of rotatable bonds is 9. The third-order valence-corrected chi connectivity index (χ3v) is 8.30. The van der Waals surface area contributed by atoms with Gasteiger partial charge in [0.05, 0.1) is 11.5 Å². The number of aromatic nitrogens is 1. The molecule has 10 heteroatoms. The van der Waals surface area contributed by atoms with Crippen LogP contribution in [0.4, 0.5) is 4.39 Å². The molecule has 0 N–H and O–H groups in total.